The molecule has 0 bridgehead atoms. The SMILES string of the molecule is COC(CN(CCC1CC1)C(=O)CCOCCc1ccc(O)c(C2(c3ccccc3)CCN(C)CC2)c1)OC. The minimum atomic E-state index is -0.415. The van der Waals surface area contributed by atoms with Crippen LogP contribution in [-0.4, -0.2) is 87.8 Å². The summed E-state index contributed by atoms with van der Waals surface area (Å²) in [5, 5.41) is 11.0. The molecule has 2 aliphatic rings. The molecule has 2 fully saturated rings. The molecule has 7 heteroatoms. The lowest BCUT2D eigenvalue weighted by Gasteiger charge is -2.42. The first-order valence-corrected chi connectivity index (χ1v) is 14.4. The van der Waals surface area contributed by atoms with Crippen LogP contribution in [0.5, 0.6) is 5.75 Å². The highest BCUT2D eigenvalue weighted by molar-refractivity contribution is 5.76. The van der Waals surface area contributed by atoms with Crippen LogP contribution < -0.4 is 0 Å². The Morgan fingerprint density at radius 3 is 2.46 bits per heavy atom. The van der Waals surface area contributed by atoms with Crippen molar-refractivity contribution in [2.75, 3.05) is 60.7 Å². The summed E-state index contributed by atoms with van der Waals surface area (Å²) in [6, 6.07) is 16.6. The summed E-state index contributed by atoms with van der Waals surface area (Å²) in [4.78, 5) is 17.1. The van der Waals surface area contributed by atoms with Crippen LogP contribution in [0.4, 0.5) is 0 Å². The van der Waals surface area contributed by atoms with Crippen LogP contribution in [-0.2, 0) is 30.8 Å². The summed E-state index contributed by atoms with van der Waals surface area (Å²) < 4.78 is 16.6. The van der Waals surface area contributed by atoms with E-state index in [0.29, 0.717) is 31.9 Å². The normalized spacial score (nSPS) is 17.4. The van der Waals surface area contributed by atoms with Crippen LogP contribution in [0.15, 0.2) is 48.5 Å². The van der Waals surface area contributed by atoms with E-state index < -0.39 is 6.29 Å². The molecule has 1 saturated heterocycles. The Morgan fingerprint density at radius 2 is 1.79 bits per heavy atom. The van der Waals surface area contributed by atoms with E-state index in [1.165, 1.54) is 18.4 Å². The van der Waals surface area contributed by atoms with Gasteiger partial charge in [-0.25, -0.2) is 0 Å². The molecule has 2 aromatic rings. The number of hydrogen-bond donors (Lipinski definition) is 1. The largest absolute Gasteiger partial charge is 0.508 e. The molecule has 1 saturated carbocycles. The molecule has 39 heavy (non-hydrogen) atoms. The summed E-state index contributed by atoms with van der Waals surface area (Å²) in [5.41, 5.74) is 3.20. The minimum Gasteiger partial charge on any atom is -0.508 e. The first kappa shape index (κ1) is 29.5. The number of nitrogens with zero attached hydrogens (tertiary/aromatic N) is 2. The van der Waals surface area contributed by atoms with Gasteiger partial charge in [-0.3, -0.25) is 4.79 Å². The molecule has 7 nitrogen and oxygen atoms in total. The lowest BCUT2D eigenvalue weighted by atomic mass is 9.67. The van der Waals surface area contributed by atoms with Gasteiger partial charge in [0.05, 0.1) is 26.2 Å². The van der Waals surface area contributed by atoms with Crippen LogP contribution >= 0.6 is 0 Å². The fourth-order valence-corrected chi connectivity index (χ4v) is 5.69. The van der Waals surface area contributed by atoms with Crippen LogP contribution in [0.3, 0.4) is 0 Å². The highest BCUT2D eigenvalue weighted by Gasteiger charge is 2.39. The number of piperidine rings is 1. The van der Waals surface area contributed by atoms with E-state index in [1.54, 1.807) is 14.2 Å². The van der Waals surface area contributed by atoms with Crippen LogP contribution in [0, 0.1) is 5.92 Å². The van der Waals surface area contributed by atoms with E-state index in [2.05, 4.69) is 42.3 Å². The number of phenolic OH excluding ortho intramolecular Hbond substituents is 1. The first-order chi connectivity index (χ1) is 18.9. The number of amides is 1. The van der Waals surface area contributed by atoms with Gasteiger partial charge in [-0.05, 0) is 68.9 Å². The van der Waals surface area contributed by atoms with Gasteiger partial charge in [0.25, 0.3) is 0 Å². The standard InChI is InChI=1S/C32H46N2O5/c1-33-19-16-32(17-20-33,27-7-5-4-6-8-27)28-23-26(11-12-29(28)35)14-21-39-22-15-30(36)34(18-13-25-9-10-25)24-31(37-2)38-3/h4-8,11-12,23,25,31,35H,9-10,13-22,24H2,1-3H3. The van der Waals surface area contributed by atoms with E-state index >= 15 is 0 Å². The van der Waals surface area contributed by atoms with Gasteiger partial charge in [-0.1, -0.05) is 55.3 Å². The van der Waals surface area contributed by atoms with E-state index in [9.17, 15) is 9.90 Å². The van der Waals surface area contributed by atoms with Gasteiger partial charge in [0, 0.05) is 31.7 Å². The maximum atomic E-state index is 12.9. The Bertz CT molecular complexity index is 1030. The van der Waals surface area contributed by atoms with Gasteiger partial charge in [-0.2, -0.15) is 0 Å². The number of ether oxygens (including phenoxy) is 3. The Labute approximate surface area is 234 Å². The van der Waals surface area contributed by atoms with Gasteiger partial charge in [0.2, 0.25) is 5.91 Å². The van der Waals surface area contributed by atoms with E-state index in [0.717, 1.165) is 62.4 Å². The van der Waals surface area contributed by atoms with Crippen molar-refractivity contribution in [3.63, 3.8) is 0 Å². The Kier molecular flexibility index (Phi) is 10.8. The van der Waals surface area contributed by atoms with Crippen molar-refractivity contribution in [3.8, 4) is 5.75 Å². The van der Waals surface area contributed by atoms with Crippen molar-refractivity contribution in [1.29, 1.82) is 0 Å². The number of aromatic hydroxyl groups is 1. The number of likely N-dealkylation sites (tertiary alicyclic amines) is 1. The topological polar surface area (TPSA) is 71.5 Å². The zero-order valence-electron chi connectivity index (χ0n) is 23.9. The number of carbonyl (C=O) groups is 1. The quantitative estimate of drug-likeness (QED) is 0.264. The first-order valence-electron chi connectivity index (χ1n) is 14.4. The lowest BCUT2D eigenvalue weighted by molar-refractivity contribution is -0.146. The number of rotatable bonds is 15. The molecule has 2 aromatic carbocycles. The molecule has 1 N–H and O–H groups in total. The third-order valence-corrected chi connectivity index (χ3v) is 8.49. The highest BCUT2D eigenvalue weighted by Crippen LogP contribution is 2.45. The molecule has 1 aliphatic heterocycles. The second-order valence-corrected chi connectivity index (χ2v) is 11.2. The molecule has 1 amide bonds. The van der Waals surface area contributed by atoms with Gasteiger partial charge in [-0.15, -0.1) is 0 Å². The number of phenols is 1. The summed E-state index contributed by atoms with van der Waals surface area (Å²) in [7, 11) is 5.36. The molecule has 0 spiro atoms. The molecular formula is C32H46N2O5. The Hall–Kier alpha value is -2.45. The number of methoxy groups -OCH3 is 2. The molecular weight excluding hydrogens is 492 g/mol. The van der Waals surface area contributed by atoms with Gasteiger partial charge < -0.3 is 29.1 Å². The van der Waals surface area contributed by atoms with Crippen LogP contribution in [0.1, 0.15) is 55.2 Å². The molecule has 1 heterocycles. The van der Waals surface area contributed by atoms with Gasteiger partial charge >= 0.3 is 0 Å². The predicted molar refractivity (Wildman–Crippen MR) is 153 cm³/mol. The van der Waals surface area contributed by atoms with Crippen molar-refractivity contribution in [2.45, 2.75) is 56.7 Å². The van der Waals surface area contributed by atoms with Crippen molar-refractivity contribution in [3.05, 3.63) is 65.2 Å². The van der Waals surface area contributed by atoms with Gasteiger partial charge in [0.1, 0.15) is 5.75 Å². The van der Waals surface area contributed by atoms with Crippen LogP contribution in [0.25, 0.3) is 0 Å². The molecule has 0 atom stereocenters. The summed E-state index contributed by atoms with van der Waals surface area (Å²) >= 11 is 0. The third kappa shape index (κ3) is 8.04. The Balaban J connectivity index is 1.33. The maximum Gasteiger partial charge on any atom is 0.225 e. The number of hydrogen-bond acceptors (Lipinski definition) is 6. The van der Waals surface area contributed by atoms with E-state index in [1.807, 2.05) is 23.1 Å². The molecule has 4 rings (SSSR count). The van der Waals surface area contributed by atoms with Crippen molar-refractivity contribution >= 4 is 5.91 Å². The monoisotopic (exact) mass is 538 g/mol. The average molecular weight is 539 g/mol. The van der Waals surface area contributed by atoms with Gasteiger partial charge in [0.15, 0.2) is 6.29 Å². The van der Waals surface area contributed by atoms with E-state index in [4.69, 9.17) is 14.2 Å². The zero-order chi connectivity index (χ0) is 27.7. The summed E-state index contributed by atoms with van der Waals surface area (Å²) in [6.07, 6.45) is 6.17. The second kappa shape index (κ2) is 14.3. The minimum absolute atomic E-state index is 0.0775. The zero-order valence-corrected chi connectivity index (χ0v) is 23.9. The fourth-order valence-electron chi connectivity index (χ4n) is 5.69. The maximum absolute atomic E-state index is 12.9. The molecule has 0 aromatic heterocycles. The molecule has 0 unspecified atom stereocenters. The predicted octanol–water partition coefficient (Wildman–Crippen LogP) is 4.60. The molecule has 1 aliphatic carbocycles. The fraction of sp³-hybridized carbons (Fsp3) is 0.594. The molecule has 0 radical (unpaired) electrons. The Morgan fingerprint density at radius 1 is 1.08 bits per heavy atom. The second-order valence-electron chi connectivity index (χ2n) is 11.2. The highest BCUT2D eigenvalue weighted by atomic mass is 16.7. The number of carbonyl (C=O) groups excluding carboxylic acids is 1. The lowest BCUT2D eigenvalue weighted by Crippen LogP contribution is -2.41. The number of benzene rings is 2. The van der Waals surface area contributed by atoms with Crippen molar-refractivity contribution < 1.29 is 24.1 Å². The third-order valence-electron chi connectivity index (χ3n) is 8.49. The van der Waals surface area contributed by atoms with E-state index in [-0.39, 0.29) is 11.3 Å². The summed E-state index contributed by atoms with van der Waals surface area (Å²) in [5.74, 6) is 1.19. The van der Waals surface area contributed by atoms with Crippen molar-refractivity contribution in [2.24, 2.45) is 5.92 Å². The summed E-state index contributed by atoms with van der Waals surface area (Å²) in [6.45, 7) is 4.07. The van der Waals surface area contributed by atoms with Crippen LogP contribution in [0.2, 0.25) is 0 Å². The average Bonchev–Trinajstić information content (AvgIpc) is 3.79. The smallest absolute Gasteiger partial charge is 0.225 e. The van der Waals surface area contributed by atoms with Crippen molar-refractivity contribution in [1.82, 2.24) is 9.80 Å². The molecule has 214 valence electrons.